The molecule has 0 amide bonds. The Labute approximate surface area is 142 Å². The van der Waals surface area contributed by atoms with Crippen molar-refractivity contribution in [3.8, 4) is 11.1 Å². The monoisotopic (exact) mass is 331 g/mol. The summed E-state index contributed by atoms with van der Waals surface area (Å²) in [6.07, 6.45) is 0. The molecule has 0 heterocycles. The van der Waals surface area contributed by atoms with Gasteiger partial charge in [0.2, 0.25) is 0 Å². The smallest absolute Gasteiger partial charge is 0.320 e. The molecule has 0 aliphatic rings. The number of carbonyl (C=O) groups excluding carboxylic acids is 1. The number of esters is 1. The second-order valence-corrected chi connectivity index (χ2v) is 5.71. The molecule has 0 radical (unpaired) electrons. The first kappa shape index (κ1) is 17.5. The molecule has 23 heavy (non-hydrogen) atoms. The molecule has 0 aliphatic heterocycles. The van der Waals surface area contributed by atoms with Gasteiger partial charge in [0.25, 0.3) is 0 Å². The average Bonchev–Trinajstić information content (AvgIpc) is 2.59. The van der Waals surface area contributed by atoms with E-state index in [1.165, 1.54) is 0 Å². The van der Waals surface area contributed by atoms with Crippen LogP contribution in [0, 0.1) is 0 Å². The van der Waals surface area contributed by atoms with E-state index in [1.807, 2.05) is 67.3 Å². The normalized spacial score (nSPS) is 10.8. The Morgan fingerprint density at radius 2 is 1.70 bits per heavy atom. The highest BCUT2D eigenvalue weighted by molar-refractivity contribution is 6.33. The highest BCUT2D eigenvalue weighted by atomic mass is 35.5. The van der Waals surface area contributed by atoms with E-state index < -0.39 is 0 Å². The Balaban J connectivity index is 1.93. The number of carbonyl (C=O) groups is 1. The molecule has 0 unspecified atom stereocenters. The number of rotatable bonds is 7. The average molecular weight is 332 g/mol. The van der Waals surface area contributed by atoms with Crippen molar-refractivity contribution in [1.82, 2.24) is 4.90 Å². The Morgan fingerprint density at radius 1 is 1.04 bits per heavy atom. The molecular formula is C19H22ClNO2. The minimum atomic E-state index is -0.191. The number of hydrogen-bond acceptors (Lipinski definition) is 3. The van der Waals surface area contributed by atoms with Crippen LogP contribution in [0.4, 0.5) is 0 Å². The topological polar surface area (TPSA) is 29.5 Å². The minimum absolute atomic E-state index is 0.191. The zero-order valence-corrected chi connectivity index (χ0v) is 14.3. The quantitative estimate of drug-likeness (QED) is 0.705. The van der Waals surface area contributed by atoms with Crippen molar-refractivity contribution in [2.24, 2.45) is 0 Å². The van der Waals surface area contributed by atoms with Crippen LogP contribution in [0.3, 0.4) is 0 Å². The van der Waals surface area contributed by atoms with Gasteiger partial charge in [0, 0.05) is 10.6 Å². The fourth-order valence-corrected chi connectivity index (χ4v) is 2.56. The molecule has 0 spiro atoms. The summed E-state index contributed by atoms with van der Waals surface area (Å²) in [5.41, 5.74) is 3.02. The van der Waals surface area contributed by atoms with Crippen molar-refractivity contribution in [3.05, 3.63) is 59.1 Å². The molecule has 122 valence electrons. The van der Waals surface area contributed by atoms with Crippen LogP contribution in [0.15, 0.2) is 48.5 Å². The van der Waals surface area contributed by atoms with E-state index in [0.717, 1.165) is 34.8 Å². The van der Waals surface area contributed by atoms with Crippen LogP contribution in [-0.4, -0.2) is 30.5 Å². The van der Waals surface area contributed by atoms with Crippen LogP contribution >= 0.6 is 11.6 Å². The molecule has 2 aromatic rings. The van der Waals surface area contributed by atoms with E-state index in [4.69, 9.17) is 16.3 Å². The summed E-state index contributed by atoms with van der Waals surface area (Å²) in [5.74, 6) is -0.191. The number of halogens is 1. The first-order valence-corrected chi connectivity index (χ1v) is 8.23. The first-order valence-electron chi connectivity index (χ1n) is 7.85. The molecule has 2 rings (SSSR count). The Bertz CT molecular complexity index is 636. The van der Waals surface area contributed by atoms with Crippen molar-refractivity contribution in [2.45, 2.75) is 20.5 Å². The molecule has 0 saturated heterocycles. The summed E-state index contributed by atoms with van der Waals surface area (Å²) in [5, 5.41) is 0.728. The molecule has 0 saturated carbocycles. The van der Waals surface area contributed by atoms with Crippen LogP contribution in [-0.2, 0) is 16.1 Å². The van der Waals surface area contributed by atoms with Gasteiger partial charge < -0.3 is 4.74 Å². The van der Waals surface area contributed by atoms with Crippen LogP contribution in [0.5, 0.6) is 0 Å². The maximum absolute atomic E-state index is 11.8. The van der Waals surface area contributed by atoms with Crippen molar-refractivity contribution < 1.29 is 9.53 Å². The van der Waals surface area contributed by atoms with Gasteiger partial charge in [0.15, 0.2) is 0 Å². The van der Waals surface area contributed by atoms with E-state index in [0.29, 0.717) is 13.2 Å². The largest absolute Gasteiger partial charge is 0.460 e. The first-order chi connectivity index (χ1) is 11.1. The number of benzene rings is 2. The van der Waals surface area contributed by atoms with Crippen LogP contribution in [0.25, 0.3) is 11.1 Å². The number of likely N-dealkylation sites (N-methyl/N-ethyl adjacent to an activating group) is 1. The van der Waals surface area contributed by atoms with E-state index in [2.05, 4.69) is 0 Å². The van der Waals surface area contributed by atoms with E-state index >= 15 is 0 Å². The van der Waals surface area contributed by atoms with Gasteiger partial charge >= 0.3 is 5.97 Å². The molecule has 2 aromatic carbocycles. The summed E-state index contributed by atoms with van der Waals surface area (Å²) in [4.78, 5) is 13.8. The van der Waals surface area contributed by atoms with Crippen LogP contribution in [0.1, 0.15) is 19.4 Å². The maximum atomic E-state index is 11.8. The second kappa shape index (κ2) is 8.70. The summed E-state index contributed by atoms with van der Waals surface area (Å²) in [7, 11) is 0. The molecule has 3 nitrogen and oxygen atoms in total. The predicted molar refractivity (Wildman–Crippen MR) is 94.5 cm³/mol. The summed E-state index contributed by atoms with van der Waals surface area (Å²) < 4.78 is 5.32. The highest BCUT2D eigenvalue weighted by Gasteiger charge is 2.09. The number of nitrogens with zero attached hydrogens (tertiary/aromatic N) is 1. The Hall–Kier alpha value is -1.84. The molecule has 0 N–H and O–H groups in total. The van der Waals surface area contributed by atoms with Gasteiger partial charge in [-0.1, -0.05) is 67.9 Å². The van der Waals surface area contributed by atoms with E-state index in [9.17, 15) is 4.79 Å². The zero-order valence-electron chi connectivity index (χ0n) is 13.6. The third-order valence-electron chi connectivity index (χ3n) is 3.79. The number of ether oxygens (including phenoxy) is 1. The molecule has 0 fully saturated rings. The lowest BCUT2D eigenvalue weighted by molar-refractivity contribution is -0.146. The fraction of sp³-hybridized carbons (Fsp3) is 0.316. The van der Waals surface area contributed by atoms with E-state index in [-0.39, 0.29) is 5.97 Å². The minimum Gasteiger partial charge on any atom is -0.460 e. The van der Waals surface area contributed by atoms with Gasteiger partial charge in [0.1, 0.15) is 6.61 Å². The van der Waals surface area contributed by atoms with Gasteiger partial charge in [0.05, 0.1) is 6.54 Å². The molecule has 0 aliphatic carbocycles. The summed E-state index contributed by atoms with van der Waals surface area (Å²) in [6, 6.07) is 15.6. The van der Waals surface area contributed by atoms with Crippen molar-refractivity contribution in [1.29, 1.82) is 0 Å². The highest BCUT2D eigenvalue weighted by Crippen LogP contribution is 2.27. The molecule has 4 heteroatoms. The lowest BCUT2D eigenvalue weighted by atomic mass is 10.0. The summed E-state index contributed by atoms with van der Waals surface area (Å²) >= 11 is 6.20. The van der Waals surface area contributed by atoms with Crippen LogP contribution in [0.2, 0.25) is 5.02 Å². The Kier molecular flexibility index (Phi) is 6.63. The molecule has 0 aromatic heterocycles. The molecule has 0 atom stereocenters. The lowest BCUT2D eigenvalue weighted by Crippen LogP contribution is -2.30. The van der Waals surface area contributed by atoms with Gasteiger partial charge in [-0.05, 0) is 30.3 Å². The third kappa shape index (κ3) is 5.08. The van der Waals surface area contributed by atoms with Gasteiger partial charge in [-0.3, -0.25) is 9.69 Å². The Morgan fingerprint density at radius 3 is 2.30 bits per heavy atom. The van der Waals surface area contributed by atoms with Gasteiger partial charge in [-0.2, -0.15) is 0 Å². The number of hydrogen-bond donors (Lipinski definition) is 0. The van der Waals surface area contributed by atoms with Crippen LogP contribution < -0.4 is 0 Å². The summed E-state index contributed by atoms with van der Waals surface area (Å²) in [6.45, 7) is 6.39. The maximum Gasteiger partial charge on any atom is 0.320 e. The standard InChI is InChI=1S/C19H22ClNO2/c1-3-21(4-2)13-19(22)23-14-15-9-11-16(12-10-15)17-7-5-6-8-18(17)20/h5-12H,3-4,13-14H2,1-2H3. The lowest BCUT2D eigenvalue weighted by Gasteiger charge is -2.16. The van der Waals surface area contributed by atoms with Gasteiger partial charge in [-0.15, -0.1) is 0 Å². The van der Waals surface area contributed by atoms with Crippen molar-refractivity contribution in [3.63, 3.8) is 0 Å². The second-order valence-electron chi connectivity index (χ2n) is 5.30. The predicted octanol–water partition coefficient (Wildman–Crippen LogP) is 4.39. The molecule has 0 bridgehead atoms. The molecular weight excluding hydrogens is 310 g/mol. The fourth-order valence-electron chi connectivity index (χ4n) is 2.32. The SMILES string of the molecule is CCN(CC)CC(=O)OCc1ccc(-c2ccccc2Cl)cc1. The van der Waals surface area contributed by atoms with Gasteiger partial charge in [-0.25, -0.2) is 0 Å². The zero-order chi connectivity index (χ0) is 16.7. The van der Waals surface area contributed by atoms with E-state index in [1.54, 1.807) is 0 Å². The van der Waals surface area contributed by atoms with Crippen molar-refractivity contribution in [2.75, 3.05) is 19.6 Å². The van der Waals surface area contributed by atoms with Crippen molar-refractivity contribution >= 4 is 17.6 Å². The third-order valence-corrected chi connectivity index (χ3v) is 4.12.